The van der Waals surface area contributed by atoms with Crippen LogP contribution in [0, 0.1) is 16.7 Å². The van der Waals surface area contributed by atoms with Crippen molar-refractivity contribution >= 4 is 21.8 Å². The number of aliphatic hydroxyl groups is 1. The summed E-state index contributed by atoms with van der Waals surface area (Å²) in [5.41, 5.74) is -3.52. The second-order valence-electron chi connectivity index (χ2n) is 10.2. The number of ether oxygens (including phenoxy) is 3. The molecule has 0 aromatic carbocycles. The van der Waals surface area contributed by atoms with Gasteiger partial charge in [-0.25, -0.2) is 13.2 Å². The normalized spacial score (nSPS) is 49.6. The first kappa shape index (κ1) is 19.5. The van der Waals surface area contributed by atoms with Crippen molar-refractivity contribution in [2.24, 2.45) is 16.7 Å². The molecule has 1 N–H and O–H groups in total. The molecule has 4 fully saturated rings. The summed E-state index contributed by atoms with van der Waals surface area (Å²) >= 11 is 0. The average molecular weight is 426 g/mol. The molecule has 5 aliphatic rings. The first-order valence-electron chi connectivity index (χ1n) is 9.98. The molecule has 0 amide bonds. The fraction of sp³-hybridized carbons (Fsp3) is 0.800. The molecule has 3 aliphatic heterocycles. The zero-order valence-electron chi connectivity index (χ0n) is 16.9. The van der Waals surface area contributed by atoms with E-state index in [9.17, 15) is 23.1 Å². The van der Waals surface area contributed by atoms with E-state index in [1.807, 2.05) is 13.8 Å². The number of carbonyl (C=O) groups excluding carboxylic acids is 2. The van der Waals surface area contributed by atoms with Gasteiger partial charge in [0.2, 0.25) is 0 Å². The molecule has 2 saturated carbocycles. The van der Waals surface area contributed by atoms with Gasteiger partial charge in [-0.2, -0.15) is 0 Å². The lowest BCUT2D eigenvalue weighted by molar-refractivity contribution is -0.169. The van der Waals surface area contributed by atoms with Crippen LogP contribution < -0.4 is 0 Å². The van der Waals surface area contributed by atoms with Crippen molar-refractivity contribution in [1.82, 2.24) is 0 Å². The molecule has 3 heterocycles. The van der Waals surface area contributed by atoms with E-state index in [4.69, 9.17) is 14.2 Å². The number of hydrogen-bond acceptors (Lipinski definition) is 8. The Morgan fingerprint density at radius 3 is 2.52 bits per heavy atom. The van der Waals surface area contributed by atoms with Crippen molar-refractivity contribution in [2.45, 2.75) is 69.5 Å². The van der Waals surface area contributed by atoms with E-state index in [0.29, 0.717) is 5.57 Å². The summed E-state index contributed by atoms with van der Waals surface area (Å²) in [5.74, 6) is -1.61. The highest BCUT2D eigenvalue weighted by Crippen LogP contribution is 2.73. The van der Waals surface area contributed by atoms with Gasteiger partial charge < -0.3 is 19.3 Å². The summed E-state index contributed by atoms with van der Waals surface area (Å²) in [6, 6.07) is 0. The van der Waals surface area contributed by atoms with Crippen molar-refractivity contribution in [1.29, 1.82) is 0 Å². The van der Waals surface area contributed by atoms with E-state index in [-0.39, 0.29) is 11.9 Å². The van der Waals surface area contributed by atoms with Gasteiger partial charge in [-0.05, 0) is 37.7 Å². The van der Waals surface area contributed by atoms with Gasteiger partial charge in [0.1, 0.15) is 27.6 Å². The zero-order valence-corrected chi connectivity index (χ0v) is 17.7. The maximum Gasteiger partial charge on any atom is 0.331 e. The average Bonchev–Trinajstić information content (AvgIpc) is 3.21. The molecule has 0 bridgehead atoms. The molecule has 29 heavy (non-hydrogen) atoms. The van der Waals surface area contributed by atoms with E-state index in [2.05, 4.69) is 0 Å². The van der Waals surface area contributed by atoms with Crippen molar-refractivity contribution in [3.05, 3.63) is 11.6 Å². The second kappa shape index (κ2) is 5.23. The summed E-state index contributed by atoms with van der Waals surface area (Å²) in [7, 11) is -3.56. The van der Waals surface area contributed by atoms with Crippen LogP contribution in [0.4, 0.5) is 0 Å². The van der Waals surface area contributed by atoms with Gasteiger partial charge >= 0.3 is 11.9 Å². The second-order valence-corrected chi connectivity index (χ2v) is 12.3. The quantitative estimate of drug-likeness (QED) is 0.512. The Morgan fingerprint density at radius 1 is 1.21 bits per heavy atom. The fourth-order valence-corrected chi connectivity index (χ4v) is 8.20. The number of epoxide rings is 1. The smallest absolute Gasteiger partial charge is 0.331 e. The summed E-state index contributed by atoms with van der Waals surface area (Å²) in [6.45, 7) is 5.30. The van der Waals surface area contributed by atoms with Gasteiger partial charge in [-0.1, -0.05) is 13.3 Å². The molecule has 8 atom stereocenters. The van der Waals surface area contributed by atoms with Crippen LogP contribution in [0.1, 0.15) is 40.0 Å². The number of fused-ring (bicyclic) bond motifs is 2. The van der Waals surface area contributed by atoms with Crippen LogP contribution in [0.25, 0.3) is 0 Å². The standard InChI is InChI=1S/C20H26O8S/c1-17-6-5-7-18(2)13(17)12(27-16(18)22)14-20(28-14)10(17)8-11(21)26-15(20)19(3,23)9-29(4,24)25/h8,12-15,23H,5-7,9H2,1-4H3/t12-,13+,14+,15+,17+,18-,19-,20-/m0/s1. The maximum absolute atomic E-state index is 12.8. The first-order valence-corrected chi connectivity index (χ1v) is 12.0. The molecule has 5 rings (SSSR count). The minimum atomic E-state index is -3.56. The van der Waals surface area contributed by atoms with E-state index in [1.54, 1.807) is 0 Å². The highest BCUT2D eigenvalue weighted by atomic mass is 32.2. The summed E-state index contributed by atoms with van der Waals surface area (Å²) in [4.78, 5) is 25.3. The van der Waals surface area contributed by atoms with Gasteiger partial charge in [-0.15, -0.1) is 0 Å². The molecule has 9 heteroatoms. The Kier molecular flexibility index (Phi) is 3.52. The fourth-order valence-electron chi connectivity index (χ4n) is 6.99. The van der Waals surface area contributed by atoms with E-state index < -0.39 is 61.9 Å². The van der Waals surface area contributed by atoms with Gasteiger partial charge in [0, 0.05) is 18.2 Å². The number of rotatable bonds is 3. The topological polar surface area (TPSA) is 120 Å². The van der Waals surface area contributed by atoms with Crippen molar-refractivity contribution in [3.8, 4) is 0 Å². The van der Waals surface area contributed by atoms with Crippen molar-refractivity contribution in [3.63, 3.8) is 0 Å². The Labute approximate surface area is 169 Å². The molecule has 1 spiro atoms. The van der Waals surface area contributed by atoms with Crippen LogP contribution in [0.2, 0.25) is 0 Å². The van der Waals surface area contributed by atoms with Crippen molar-refractivity contribution in [2.75, 3.05) is 12.0 Å². The predicted molar refractivity (Wildman–Crippen MR) is 99.3 cm³/mol. The van der Waals surface area contributed by atoms with E-state index in [0.717, 1.165) is 25.5 Å². The van der Waals surface area contributed by atoms with Gasteiger partial charge in [-0.3, -0.25) is 4.79 Å². The Balaban J connectivity index is 1.66. The van der Waals surface area contributed by atoms with E-state index in [1.165, 1.54) is 13.0 Å². The maximum atomic E-state index is 12.8. The number of carbonyl (C=O) groups is 2. The van der Waals surface area contributed by atoms with Gasteiger partial charge in [0.25, 0.3) is 0 Å². The number of sulfone groups is 1. The van der Waals surface area contributed by atoms with Crippen LogP contribution in [0.3, 0.4) is 0 Å². The molecule has 0 aromatic heterocycles. The lowest BCUT2D eigenvalue weighted by Crippen LogP contribution is -2.65. The molecule has 160 valence electrons. The minimum absolute atomic E-state index is 0.144. The molecule has 0 unspecified atom stereocenters. The third-order valence-electron chi connectivity index (χ3n) is 7.83. The van der Waals surface area contributed by atoms with Gasteiger partial charge in [0.15, 0.2) is 11.7 Å². The number of cyclic esters (lactones) is 1. The molecule has 8 nitrogen and oxygen atoms in total. The Morgan fingerprint density at radius 2 is 1.86 bits per heavy atom. The Hall–Kier alpha value is -1.45. The summed E-state index contributed by atoms with van der Waals surface area (Å²) in [6.07, 6.45) is 2.43. The molecule has 0 aromatic rings. The van der Waals surface area contributed by atoms with Crippen LogP contribution in [-0.2, 0) is 33.6 Å². The van der Waals surface area contributed by atoms with Crippen LogP contribution in [0.15, 0.2) is 11.6 Å². The zero-order chi connectivity index (χ0) is 21.2. The van der Waals surface area contributed by atoms with Crippen LogP contribution in [-0.4, -0.2) is 67.0 Å². The molecule has 0 radical (unpaired) electrons. The number of hydrogen-bond donors (Lipinski definition) is 1. The monoisotopic (exact) mass is 426 g/mol. The molecular weight excluding hydrogens is 400 g/mol. The summed E-state index contributed by atoms with van der Waals surface area (Å²) < 4.78 is 41.3. The number of esters is 2. The van der Waals surface area contributed by atoms with E-state index >= 15 is 0 Å². The minimum Gasteiger partial charge on any atom is -0.459 e. The van der Waals surface area contributed by atoms with Gasteiger partial charge in [0.05, 0.1) is 11.2 Å². The highest BCUT2D eigenvalue weighted by Gasteiger charge is 2.84. The largest absolute Gasteiger partial charge is 0.459 e. The predicted octanol–water partition coefficient (Wildman–Crippen LogP) is 0.523. The first-order chi connectivity index (χ1) is 13.3. The third kappa shape index (κ3) is 2.29. The highest BCUT2D eigenvalue weighted by molar-refractivity contribution is 7.90. The van der Waals surface area contributed by atoms with Crippen molar-refractivity contribution < 1.29 is 37.3 Å². The Bertz CT molecular complexity index is 967. The van der Waals surface area contributed by atoms with Crippen LogP contribution >= 0.6 is 0 Å². The lowest BCUT2D eigenvalue weighted by Gasteiger charge is -2.54. The third-order valence-corrected chi connectivity index (χ3v) is 8.94. The molecule has 2 aliphatic carbocycles. The molecular formula is C20H26O8S. The lowest BCUT2D eigenvalue weighted by atomic mass is 9.47. The van der Waals surface area contributed by atoms with Crippen LogP contribution in [0.5, 0.6) is 0 Å². The molecule has 2 saturated heterocycles. The SMILES string of the molecule is C[C@](O)(CS(C)(=O)=O)[C@H]1OC(=O)C=C2[C@@]13O[C@@H]3[C@H]1OC(=O)[C@@]3(C)CCC[C@@]2(C)[C@@H]13. The summed E-state index contributed by atoms with van der Waals surface area (Å²) in [5, 5.41) is 11.1.